The van der Waals surface area contributed by atoms with Crippen LogP contribution >= 0.6 is 0 Å². The Bertz CT molecular complexity index is 1530. The van der Waals surface area contributed by atoms with Crippen LogP contribution in [-0.4, -0.2) is 51.0 Å². The van der Waals surface area contributed by atoms with Crippen LogP contribution in [0.1, 0.15) is 111 Å². The molecule has 5 rings (SSSR count). The monoisotopic (exact) mass is 689 g/mol. The van der Waals surface area contributed by atoms with E-state index in [4.69, 9.17) is 20.6 Å². The quantitative estimate of drug-likeness (QED) is 0.123. The number of rotatable bonds is 15. The summed E-state index contributed by atoms with van der Waals surface area (Å²) in [5.41, 5.74) is 11.5. The van der Waals surface area contributed by atoms with Gasteiger partial charge < -0.3 is 15.8 Å². The van der Waals surface area contributed by atoms with Gasteiger partial charge in [0, 0.05) is 32.4 Å². The number of carbonyl (C=O) groups excluding carboxylic acids is 2. The van der Waals surface area contributed by atoms with Crippen LogP contribution in [0.4, 0.5) is 5.69 Å². The van der Waals surface area contributed by atoms with Crippen LogP contribution in [0, 0.1) is 24.7 Å². The summed E-state index contributed by atoms with van der Waals surface area (Å²) < 4.78 is 9.64. The molecular formula is C38H59N7O3Si. The lowest BCUT2D eigenvalue weighted by Crippen LogP contribution is -2.39. The van der Waals surface area contributed by atoms with E-state index in [0.29, 0.717) is 42.1 Å². The van der Waals surface area contributed by atoms with E-state index in [0.717, 1.165) is 67.4 Å². The molecule has 0 bridgehead atoms. The summed E-state index contributed by atoms with van der Waals surface area (Å²) in [6.07, 6.45) is 16.0. The number of aryl methyl sites for hydroxylation is 2. The zero-order chi connectivity index (χ0) is 35.1. The van der Waals surface area contributed by atoms with Crippen molar-refractivity contribution in [1.29, 1.82) is 0 Å². The molecule has 268 valence electrons. The van der Waals surface area contributed by atoms with Crippen molar-refractivity contribution in [2.24, 2.45) is 23.5 Å². The summed E-state index contributed by atoms with van der Waals surface area (Å²) in [4.78, 5) is 32.4. The second kappa shape index (κ2) is 16.6. The number of hydrogen-bond donors (Lipinski definition) is 2. The number of amides is 2. The van der Waals surface area contributed by atoms with Gasteiger partial charge in [-0.15, -0.1) is 0 Å². The fourth-order valence-electron chi connectivity index (χ4n) is 8.42. The summed E-state index contributed by atoms with van der Waals surface area (Å²) in [5.74, 6) is -0.206. The van der Waals surface area contributed by atoms with E-state index in [1.54, 1.807) is 17.1 Å². The van der Waals surface area contributed by atoms with Gasteiger partial charge in [0.1, 0.15) is 12.4 Å². The summed E-state index contributed by atoms with van der Waals surface area (Å²) in [5, 5.41) is 12.6. The highest BCUT2D eigenvalue weighted by molar-refractivity contribution is 6.76. The molecule has 0 aromatic carbocycles. The number of pyridine rings is 1. The van der Waals surface area contributed by atoms with E-state index in [2.05, 4.69) is 37.0 Å². The fourth-order valence-corrected chi connectivity index (χ4v) is 9.18. The van der Waals surface area contributed by atoms with Crippen LogP contribution in [0.25, 0.3) is 11.3 Å². The van der Waals surface area contributed by atoms with Crippen molar-refractivity contribution in [2.45, 2.75) is 136 Å². The van der Waals surface area contributed by atoms with Crippen molar-refractivity contribution >= 4 is 25.6 Å². The average Bonchev–Trinajstić information content (AvgIpc) is 3.66. The van der Waals surface area contributed by atoms with Gasteiger partial charge in [0.15, 0.2) is 0 Å². The number of nitrogens with one attached hydrogen (secondary N) is 1. The first kappa shape index (κ1) is 37.0. The van der Waals surface area contributed by atoms with Gasteiger partial charge in [-0.05, 0) is 56.2 Å². The molecule has 3 N–H and O–H groups in total. The van der Waals surface area contributed by atoms with Gasteiger partial charge in [-0.3, -0.25) is 19.3 Å². The lowest BCUT2D eigenvalue weighted by atomic mass is 9.63. The SMILES string of the molecule is CCc1c(-c2ccc(NC(=O)[C@H](c3cnn(CC)c3C(N)=O)C(C3CCCCC3)C3CCCCC3)cn2)c(C)nn1COCC[Si](C)(C)C. The highest BCUT2D eigenvalue weighted by Gasteiger charge is 2.43. The van der Waals surface area contributed by atoms with Crippen LogP contribution in [0.3, 0.4) is 0 Å². The summed E-state index contributed by atoms with van der Waals surface area (Å²) in [7, 11) is -1.17. The zero-order valence-electron chi connectivity index (χ0n) is 30.8. The van der Waals surface area contributed by atoms with E-state index in [9.17, 15) is 9.59 Å². The Labute approximate surface area is 294 Å². The Morgan fingerprint density at radius 3 is 2.16 bits per heavy atom. The molecule has 2 amide bonds. The van der Waals surface area contributed by atoms with E-state index in [-0.39, 0.29) is 11.8 Å². The third-order valence-electron chi connectivity index (χ3n) is 10.9. The molecule has 0 aliphatic heterocycles. The average molecular weight is 690 g/mol. The number of primary amides is 1. The fraction of sp³-hybridized carbons (Fsp3) is 0.658. The smallest absolute Gasteiger partial charge is 0.267 e. The van der Waals surface area contributed by atoms with Gasteiger partial charge in [0.25, 0.3) is 5.91 Å². The molecule has 0 saturated heterocycles. The molecule has 3 heterocycles. The van der Waals surface area contributed by atoms with Crippen molar-refractivity contribution < 1.29 is 14.3 Å². The third-order valence-corrected chi connectivity index (χ3v) is 12.6. The molecule has 0 unspecified atom stereocenters. The molecule has 11 heteroatoms. The second-order valence-corrected chi connectivity index (χ2v) is 21.1. The molecule has 49 heavy (non-hydrogen) atoms. The normalized spacial score (nSPS) is 17.0. The van der Waals surface area contributed by atoms with E-state index >= 15 is 0 Å². The molecule has 3 aromatic heterocycles. The van der Waals surface area contributed by atoms with E-state index in [1.165, 1.54) is 38.5 Å². The molecule has 0 spiro atoms. The minimum Gasteiger partial charge on any atom is -0.364 e. The molecule has 2 fully saturated rings. The van der Waals surface area contributed by atoms with Crippen molar-refractivity contribution in [3.8, 4) is 11.3 Å². The Hall–Kier alpha value is -3.31. The van der Waals surface area contributed by atoms with Crippen LogP contribution < -0.4 is 11.1 Å². The molecular weight excluding hydrogens is 631 g/mol. The maximum atomic E-state index is 14.7. The van der Waals surface area contributed by atoms with E-state index in [1.807, 2.05) is 30.7 Å². The van der Waals surface area contributed by atoms with E-state index < -0.39 is 19.9 Å². The predicted molar refractivity (Wildman–Crippen MR) is 198 cm³/mol. The number of carbonyl (C=O) groups is 2. The number of nitrogens with zero attached hydrogens (tertiary/aromatic N) is 5. The molecule has 2 aliphatic carbocycles. The molecule has 0 radical (unpaired) electrons. The van der Waals surface area contributed by atoms with Crippen LogP contribution in [0.5, 0.6) is 0 Å². The lowest BCUT2D eigenvalue weighted by Gasteiger charge is -2.42. The van der Waals surface area contributed by atoms with Crippen LogP contribution in [-0.2, 0) is 29.2 Å². The molecule has 2 saturated carbocycles. The Balaban J connectivity index is 1.43. The zero-order valence-corrected chi connectivity index (χ0v) is 31.8. The summed E-state index contributed by atoms with van der Waals surface area (Å²) in [6, 6.07) is 5.01. The molecule has 3 aromatic rings. The van der Waals surface area contributed by atoms with Crippen LogP contribution in [0.15, 0.2) is 24.5 Å². The minimum atomic E-state index is -1.17. The summed E-state index contributed by atoms with van der Waals surface area (Å²) in [6.45, 7) is 14.8. The maximum absolute atomic E-state index is 14.7. The third kappa shape index (κ3) is 8.89. The Morgan fingerprint density at radius 1 is 0.980 bits per heavy atom. The van der Waals surface area contributed by atoms with Gasteiger partial charge in [-0.1, -0.05) is 90.8 Å². The van der Waals surface area contributed by atoms with Gasteiger partial charge in [0.05, 0.1) is 41.1 Å². The van der Waals surface area contributed by atoms with Gasteiger partial charge in [-0.25, -0.2) is 4.68 Å². The molecule has 1 atom stereocenters. The lowest BCUT2D eigenvalue weighted by molar-refractivity contribution is -0.120. The number of ether oxygens (including phenoxy) is 1. The first-order valence-corrected chi connectivity index (χ1v) is 22.5. The van der Waals surface area contributed by atoms with Gasteiger partial charge in [0.2, 0.25) is 5.91 Å². The number of aromatic nitrogens is 5. The van der Waals surface area contributed by atoms with Crippen LogP contribution in [0.2, 0.25) is 25.7 Å². The first-order valence-electron chi connectivity index (χ1n) is 18.8. The van der Waals surface area contributed by atoms with Crippen molar-refractivity contribution in [2.75, 3.05) is 11.9 Å². The number of hydrogen-bond acceptors (Lipinski definition) is 6. The standard InChI is InChI=1S/C38H59N7O3Si/c1-7-32-33(26(3)43-45(32)25-48-21-22-49(4,5)6)31-20-19-29(23-40-31)42-38(47)35(30-24-41-44(8-2)36(30)37(39)46)34(27-15-11-9-12-16-27)28-17-13-10-14-18-28/h19-20,23-24,27-28,34-35H,7-18,21-22,25H2,1-6H3,(H2,39,46)(H,42,47)/t35-/m1/s1. The highest BCUT2D eigenvalue weighted by atomic mass is 28.3. The number of anilines is 1. The topological polar surface area (TPSA) is 130 Å². The maximum Gasteiger partial charge on any atom is 0.267 e. The first-order chi connectivity index (χ1) is 23.5. The largest absolute Gasteiger partial charge is 0.364 e. The van der Waals surface area contributed by atoms with Crippen molar-refractivity contribution in [1.82, 2.24) is 24.5 Å². The number of nitrogens with two attached hydrogens (primary N) is 1. The second-order valence-electron chi connectivity index (χ2n) is 15.5. The molecule has 10 nitrogen and oxygen atoms in total. The molecule has 2 aliphatic rings. The Kier molecular flexibility index (Phi) is 12.5. The predicted octanol–water partition coefficient (Wildman–Crippen LogP) is 7.94. The van der Waals surface area contributed by atoms with Gasteiger partial charge in [-0.2, -0.15) is 10.2 Å². The Morgan fingerprint density at radius 2 is 1.63 bits per heavy atom. The van der Waals surface area contributed by atoms with Crippen molar-refractivity contribution in [3.63, 3.8) is 0 Å². The summed E-state index contributed by atoms with van der Waals surface area (Å²) >= 11 is 0. The van der Waals surface area contributed by atoms with Crippen molar-refractivity contribution in [3.05, 3.63) is 47.2 Å². The van der Waals surface area contributed by atoms with Gasteiger partial charge >= 0.3 is 0 Å². The highest BCUT2D eigenvalue weighted by Crippen LogP contribution is 2.48. The minimum absolute atomic E-state index is 0.109.